The van der Waals surface area contributed by atoms with Gasteiger partial charge in [0.2, 0.25) is 0 Å². The summed E-state index contributed by atoms with van der Waals surface area (Å²) in [7, 11) is 0. The van der Waals surface area contributed by atoms with Crippen LogP contribution in [0.1, 0.15) is 37.4 Å². The number of halogens is 1. The first-order valence-electron chi connectivity index (χ1n) is 9.49. The molecule has 1 fully saturated rings. The minimum atomic E-state index is -0.0548. The van der Waals surface area contributed by atoms with Gasteiger partial charge in [-0.15, -0.1) is 21.5 Å². The molecule has 0 amide bonds. The quantitative estimate of drug-likeness (QED) is 0.402. The van der Waals surface area contributed by atoms with E-state index < -0.39 is 0 Å². The number of fused-ring (bicyclic) bond motifs is 1. The van der Waals surface area contributed by atoms with Crippen molar-refractivity contribution < 1.29 is 0 Å². The number of rotatable bonds is 5. The van der Waals surface area contributed by atoms with Crippen LogP contribution in [0, 0.1) is 0 Å². The lowest BCUT2D eigenvalue weighted by atomic mass is 10.2. The molecule has 0 unspecified atom stereocenters. The van der Waals surface area contributed by atoms with E-state index in [0.29, 0.717) is 21.8 Å². The highest BCUT2D eigenvalue weighted by atomic mass is 35.5. The van der Waals surface area contributed by atoms with Crippen LogP contribution < -0.4 is 5.56 Å². The van der Waals surface area contributed by atoms with Crippen LogP contribution in [0.3, 0.4) is 0 Å². The van der Waals surface area contributed by atoms with Gasteiger partial charge < -0.3 is 0 Å². The molecule has 1 aromatic carbocycles. The number of thioether (sulfide) groups is 1. The average Bonchev–Trinajstić information content (AvgIpc) is 3.46. The Labute approximate surface area is 180 Å². The Bertz CT molecular complexity index is 1230. The van der Waals surface area contributed by atoms with Gasteiger partial charge in [-0.1, -0.05) is 48.3 Å². The monoisotopic (exact) mass is 443 g/mol. The van der Waals surface area contributed by atoms with Gasteiger partial charge in [0.1, 0.15) is 0 Å². The highest BCUT2D eigenvalue weighted by Gasteiger charge is 2.25. The van der Waals surface area contributed by atoms with Crippen molar-refractivity contribution in [2.24, 2.45) is 0 Å². The van der Waals surface area contributed by atoms with Crippen molar-refractivity contribution in [2.75, 3.05) is 0 Å². The normalized spacial score (nSPS) is 14.8. The molecule has 4 aromatic rings. The molecular formula is C20H18ClN5OS2. The van der Waals surface area contributed by atoms with Gasteiger partial charge in [0.25, 0.3) is 5.56 Å². The highest BCUT2D eigenvalue weighted by molar-refractivity contribution is 7.98. The Balaban J connectivity index is 1.49. The number of thiazole rings is 1. The van der Waals surface area contributed by atoms with E-state index in [4.69, 9.17) is 11.6 Å². The lowest BCUT2D eigenvalue weighted by Gasteiger charge is -2.17. The van der Waals surface area contributed by atoms with Crippen LogP contribution in [0.15, 0.2) is 51.9 Å². The number of hydrogen-bond donors (Lipinski definition) is 0. The maximum absolute atomic E-state index is 12.2. The topological polar surface area (TPSA) is 65.1 Å². The minimum Gasteiger partial charge on any atom is -0.299 e. The number of hydrogen-bond acceptors (Lipinski definition) is 6. The second-order valence-corrected chi connectivity index (χ2v) is 9.25. The first kappa shape index (κ1) is 18.8. The molecule has 0 N–H and O–H groups in total. The molecule has 3 aromatic heterocycles. The molecule has 9 heteroatoms. The predicted octanol–water partition coefficient (Wildman–Crippen LogP) is 5.08. The summed E-state index contributed by atoms with van der Waals surface area (Å²) in [6.45, 7) is 0. The van der Waals surface area contributed by atoms with E-state index in [1.165, 1.54) is 24.2 Å². The summed E-state index contributed by atoms with van der Waals surface area (Å²) in [5.41, 5.74) is 1.60. The summed E-state index contributed by atoms with van der Waals surface area (Å²) in [6, 6.07) is 9.72. The van der Waals surface area contributed by atoms with Gasteiger partial charge >= 0.3 is 0 Å². The van der Waals surface area contributed by atoms with E-state index in [-0.39, 0.29) is 5.56 Å². The summed E-state index contributed by atoms with van der Waals surface area (Å²) in [5, 5.41) is 12.4. The SMILES string of the molecule is O=c1cc(CSc2nnc(-c3ccccc3Cl)n2C2CCCC2)nc2sccn12. The molecule has 0 saturated heterocycles. The third-order valence-corrected chi connectivity index (χ3v) is 7.24. The summed E-state index contributed by atoms with van der Waals surface area (Å²) in [5.74, 6) is 1.38. The summed E-state index contributed by atoms with van der Waals surface area (Å²) >= 11 is 9.48. The molecular weight excluding hydrogens is 426 g/mol. The molecule has 0 radical (unpaired) electrons. The fourth-order valence-corrected chi connectivity index (χ4v) is 5.65. The van der Waals surface area contributed by atoms with E-state index in [2.05, 4.69) is 19.7 Å². The number of nitrogens with zero attached hydrogens (tertiary/aromatic N) is 5. The van der Waals surface area contributed by atoms with Gasteiger partial charge in [0.15, 0.2) is 15.9 Å². The van der Waals surface area contributed by atoms with E-state index in [1.807, 2.05) is 29.6 Å². The van der Waals surface area contributed by atoms with Crippen LogP contribution in [0.2, 0.25) is 5.02 Å². The van der Waals surface area contributed by atoms with Crippen LogP contribution in [-0.2, 0) is 5.75 Å². The number of aromatic nitrogens is 5. The maximum atomic E-state index is 12.2. The third kappa shape index (κ3) is 3.60. The molecule has 0 aliphatic heterocycles. The van der Waals surface area contributed by atoms with Crippen LogP contribution in [0.5, 0.6) is 0 Å². The van der Waals surface area contributed by atoms with Crippen LogP contribution in [-0.4, -0.2) is 24.1 Å². The second-order valence-electron chi connectivity index (χ2n) is 7.02. The summed E-state index contributed by atoms with van der Waals surface area (Å²) < 4.78 is 3.80. The third-order valence-electron chi connectivity index (χ3n) is 5.17. The van der Waals surface area contributed by atoms with Gasteiger partial charge in [-0.25, -0.2) is 4.98 Å². The van der Waals surface area contributed by atoms with Crippen LogP contribution in [0.4, 0.5) is 0 Å². The Kier molecular flexibility index (Phi) is 5.15. The van der Waals surface area contributed by atoms with Crippen LogP contribution in [0.25, 0.3) is 16.3 Å². The van der Waals surface area contributed by atoms with E-state index in [1.54, 1.807) is 28.4 Å². The lowest BCUT2D eigenvalue weighted by Crippen LogP contribution is -2.13. The minimum absolute atomic E-state index is 0.0548. The zero-order chi connectivity index (χ0) is 19.8. The van der Waals surface area contributed by atoms with Gasteiger partial charge in [-0.2, -0.15) is 0 Å². The Morgan fingerprint density at radius 3 is 2.86 bits per heavy atom. The Hall–Kier alpha value is -2.16. The van der Waals surface area contributed by atoms with E-state index >= 15 is 0 Å². The molecule has 3 heterocycles. The molecule has 1 saturated carbocycles. The first-order valence-corrected chi connectivity index (χ1v) is 11.7. The fourth-order valence-electron chi connectivity index (χ4n) is 3.79. The first-order chi connectivity index (χ1) is 14.2. The standard InChI is InChI=1S/C20H18ClN5OS2/c21-16-8-4-3-7-15(16)18-23-24-20(26(18)14-5-1-2-6-14)29-12-13-11-17(27)25-9-10-28-19(25)22-13/h3-4,7-11,14H,1-2,5-6,12H2. The summed E-state index contributed by atoms with van der Waals surface area (Å²) in [6.07, 6.45) is 6.40. The fraction of sp³-hybridized carbons (Fsp3) is 0.300. The summed E-state index contributed by atoms with van der Waals surface area (Å²) in [4.78, 5) is 17.6. The van der Waals surface area contributed by atoms with Crippen molar-refractivity contribution in [2.45, 2.75) is 42.6 Å². The zero-order valence-corrected chi connectivity index (χ0v) is 17.9. The molecule has 29 heavy (non-hydrogen) atoms. The predicted molar refractivity (Wildman–Crippen MR) is 117 cm³/mol. The number of benzene rings is 1. The average molecular weight is 444 g/mol. The zero-order valence-electron chi connectivity index (χ0n) is 15.5. The van der Waals surface area contributed by atoms with Crippen LogP contribution >= 0.6 is 34.7 Å². The largest absolute Gasteiger partial charge is 0.299 e. The van der Waals surface area contributed by atoms with E-state index in [9.17, 15) is 4.79 Å². The molecule has 5 rings (SSSR count). The Morgan fingerprint density at radius 1 is 1.21 bits per heavy atom. The van der Waals surface area contributed by atoms with Gasteiger partial charge in [0.05, 0.1) is 10.7 Å². The molecule has 0 atom stereocenters. The van der Waals surface area contributed by atoms with E-state index in [0.717, 1.165) is 35.1 Å². The van der Waals surface area contributed by atoms with Gasteiger partial charge in [-0.05, 0) is 25.0 Å². The van der Waals surface area contributed by atoms with Crippen molar-refractivity contribution >= 4 is 39.7 Å². The van der Waals surface area contributed by atoms with Crippen molar-refractivity contribution in [3.63, 3.8) is 0 Å². The second kappa shape index (κ2) is 7.93. The highest BCUT2D eigenvalue weighted by Crippen LogP contribution is 2.38. The Morgan fingerprint density at radius 2 is 2.03 bits per heavy atom. The lowest BCUT2D eigenvalue weighted by molar-refractivity contribution is 0.485. The molecule has 6 nitrogen and oxygen atoms in total. The van der Waals surface area contributed by atoms with Gasteiger partial charge in [0, 0.05) is 35.0 Å². The molecule has 0 bridgehead atoms. The molecule has 1 aliphatic rings. The smallest absolute Gasteiger partial charge is 0.258 e. The molecule has 0 spiro atoms. The molecule has 1 aliphatic carbocycles. The maximum Gasteiger partial charge on any atom is 0.258 e. The van der Waals surface area contributed by atoms with Gasteiger partial charge in [-0.3, -0.25) is 13.8 Å². The van der Waals surface area contributed by atoms with Crippen molar-refractivity contribution in [3.05, 3.63) is 63.0 Å². The molecule has 148 valence electrons. The van der Waals surface area contributed by atoms with Crippen molar-refractivity contribution in [1.29, 1.82) is 0 Å². The van der Waals surface area contributed by atoms with Crippen molar-refractivity contribution in [1.82, 2.24) is 24.1 Å². The van der Waals surface area contributed by atoms with Crippen molar-refractivity contribution in [3.8, 4) is 11.4 Å².